The number of nitrogens with one attached hydrogen (secondary N) is 2. The summed E-state index contributed by atoms with van der Waals surface area (Å²) in [7, 11) is 1.59. The lowest BCUT2D eigenvalue weighted by atomic mass is 9.81. The zero-order valence-electron chi connectivity index (χ0n) is 19.5. The van der Waals surface area contributed by atoms with Gasteiger partial charge in [-0.3, -0.25) is 9.59 Å². The van der Waals surface area contributed by atoms with Crippen LogP contribution in [0.4, 0.5) is 5.69 Å². The van der Waals surface area contributed by atoms with E-state index < -0.39 is 23.3 Å². The molecule has 1 fully saturated rings. The van der Waals surface area contributed by atoms with Crippen LogP contribution in [0.3, 0.4) is 0 Å². The van der Waals surface area contributed by atoms with Crippen LogP contribution in [0.5, 0.6) is 0 Å². The van der Waals surface area contributed by atoms with Gasteiger partial charge in [-0.15, -0.1) is 0 Å². The summed E-state index contributed by atoms with van der Waals surface area (Å²) in [6.07, 6.45) is 4.00. The summed E-state index contributed by atoms with van der Waals surface area (Å²) in [6.45, 7) is 0.449. The Morgan fingerprint density at radius 3 is 2.46 bits per heavy atom. The average molecular weight is 498 g/mol. The smallest absolute Gasteiger partial charge is 0.326 e. The lowest BCUT2D eigenvalue weighted by molar-refractivity contribution is -0.144. The molecule has 1 aliphatic rings. The number of carbonyl (C=O) groups excluding carboxylic acids is 2. The third kappa shape index (κ3) is 6.59. The van der Waals surface area contributed by atoms with Gasteiger partial charge >= 0.3 is 5.97 Å². The van der Waals surface area contributed by atoms with Crippen LogP contribution < -0.4 is 10.6 Å². The lowest BCUT2D eigenvalue weighted by Crippen LogP contribution is -2.49. The molecule has 0 aromatic heterocycles. The molecule has 3 rings (SSSR count). The Kier molecular flexibility index (Phi) is 8.85. The van der Waals surface area contributed by atoms with Gasteiger partial charge < -0.3 is 20.5 Å². The first-order chi connectivity index (χ1) is 16.8. The molecular formula is C26H28ClN3O5. The Balaban J connectivity index is 1.66. The summed E-state index contributed by atoms with van der Waals surface area (Å²) >= 11 is 6.09. The van der Waals surface area contributed by atoms with E-state index in [1.54, 1.807) is 31.4 Å². The molecule has 0 heterocycles. The first-order valence-electron chi connectivity index (χ1n) is 11.4. The summed E-state index contributed by atoms with van der Waals surface area (Å²) in [5.74, 6) is -1.81. The molecule has 1 saturated carbocycles. The fourth-order valence-corrected chi connectivity index (χ4v) is 4.58. The molecule has 0 unspecified atom stereocenters. The zero-order chi connectivity index (χ0) is 25.4. The lowest BCUT2D eigenvalue weighted by Gasteiger charge is -2.29. The SMILES string of the molecule is COCCC1(C(=O)N[C@@H](Cc2ccc(NC(=O)c3cc(C#N)ccc3Cl)cc2)C(=O)O)CCCC1. The van der Waals surface area contributed by atoms with Crippen molar-refractivity contribution in [2.75, 3.05) is 19.0 Å². The normalized spacial score (nSPS) is 15.1. The van der Waals surface area contributed by atoms with Crippen molar-refractivity contribution in [1.29, 1.82) is 5.26 Å². The summed E-state index contributed by atoms with van der Waals surface area (Å²) in [5.41, 5.74) is 1.09. The number of nitrogens with zero attached hydrogens (tertiary/aromatic N) is 1. The van der Waals surface area contributed by atoms with Gasteiger partial charge in [0.2, 0.25) is 5.91 Å². The number of anilines is 1. The molecule has 9 heteroatoms. The van der Waals surface area contributed by atoms with Crippen LogP contribution in [-0.2, 0) is 20.7 Å². The molecule has 8 nitrogen and oxygen atoms in total. The topological polar surface area (TPSA) is 129 Å². The number of benzene rings is 2. The number of rotatable bonds is 10. The Hall–Kier alpha value is -3.41. The fraction of sp³-hybridized carbons (Fsp3) is 0.385. The number of carbonyl (C=O) groups is 3. The van der Waals surface area contributed by atoms with Crippen molar-refractivity contribution in [2.45, 2.75) is 44.6 Å². The monoisotopic (exact) mass is 497 g/mol. The van der Waals surface area contributed by atoms with E-state index in [1.807, 2.05) is 6.07 Å². The third-order valence-electron chi connectivity index (χ3n) is 6.42. The highest BCUT2D eigenvalue weighted by atomic mass is 35.5. The van der Waals surface area contributed by atoms with Crippen LogP contribution in [0, 0.1) is 16.7 Å². The molecule has 2 amide bonds. The largest absolute Gasteiger partial charge is 0.480 e. The average Bonchev–Trinajstić information content (AvgIpc) is 3.34. The summed E-state index contributed by atoms with van der Waals surface area (Å²) < 4.78 is 5.16. The highest BCUT2D eigenvalue weighted by Crippen LogP contribution is 2.41. The molecule has 0 bridgehead atoms. The van der Waals surface area contributed by atoms with Crippen molar-refractivity contribution in [1.82, 2.24) is 5.32 Å². The van der Waals surface area contributed by atoms with E-state index >= 15 is 0 Å². The summed E-state index contributed by atoms with van der Waals surface area (Å²) in [6, 6.07) is 12.0. The van der Waals surface area contributed by atoms with Crippen molar-refractivity contribution >= 4 is 35.1 Å². The van der Waals surface area contributed by atoms with Crippen molar-refractivity contribution in [3.63, 3.8) is 0 Å². The van der Waals surface area contributed by atoms with Gasteiger partial charge in [0.05, 0.1) is 27.6 Å². The van der Waals surface area contributed by atoms with E-state index in [4.69, 9.17) is 21.6 Å². The number of methoxy groups -OCH3 is 1. The molecule has 0 spiro atoms. The number of hydrogen-bond acceptors (Lipinski definition) is 5. The van der Waals surface area contributed by atoms with E-state index in [1.165, 1.54) is 18.2 Å². The van der Waals surface area contributed by atoms with Gasteiger partial charge in [-0.25, -0.2) is 4.79 Å². The minimum atomic E-state index is -1.11. The minimum Gasteiger partial charge on any atom is -0.480 e. The standard InChI is InChI=1S/C26H28ClN3O5/c1-35-13-12-26(10-2-3-11-26)25(34)30-22(24(32)33)15-17-4-7-19(8-5-17)29-23(31)20-14-18(16-28)6-9-21(20)27/h4-9,14,22H,2-3,10-13,15H2,1H3,(H,29,31)(H,30,34)(H,32,33)/t22-/m0/s1. The highest BCUT2D eigenvalue weighted by Gasteiger charge is 2.42. The van der Waals surface area contributed by atoms with E-state index in [0.29, 0.717) is 29.8 Å². The highest BCUT2D eigenvalue weighted by molar-refractivity contribution is 6.34. The van der Waals surface area contributed by atoms with Crippen LogP contribution in [-0.4, -0.2) is 42.6 Å². The van der Waals surface area contributed by atoms with Crippen LogP contribution in [0.15, 0.2) is 42.5 Å². The Labute approximate surface area is 209 Å². The van der Waals surface area contributed by atoms with Gasteiger partial charge in [0.25, 0.3) is 5.91 Å². The number of nitriles is 1. The second kappa shape index (κ2) is 11.8. The zero-order valence-corrected chi connectivity index (χ0v) is 20.2. The van der Waals surface area contributed by atoms with Crippen LogP contribution >= 0.6 is 11.6 Å². The summed E-state index contributed by atoms with van der Waals surface area (Å²) in [5, 5.41) is 24.4. The van der Waals surface area contributed by atoms with E-state index in [-0.39, 0.29) is 22.9 Å². The summed E-state index contributed by atoms with van der Waals surface area (Å²) in [4.78, 5) is 37.5. The molecule has 2 aromatic carbocycles. The molecule has 0 aliphatic heterocycles. The molecule has 2 aromatic rings. The molecule has 35 heavy (non-hydrogen) atoms. The molecule has 3 N–H and O–H groups in total. The quantitative estimate of drug-likeness (QED) is 0.452. The second-order valence-electron chi connectivity index (χ2n) is 8.76. The van der Waals surface area contributed by atoms with Crippen LogP contribution in [0.1, 0.15) is 53.6 Å². The van der Waals surface area contributed by atoms with E-state index in [2.05, 4.69) is 10.6 Å². The number of ether oxygens (including phenoxy) is 1. The van der Waals surface area contributed by atoms with Crippen LogP contribution in [0.2, 0.25) is 5.02 Å². The second-order valence-corrected chi connectivity index (χ2v) is 9.16. The minimum absolute atomic E-state index is 0.103. The third-order valence-corrected chi connectivity index (χ3v) is 6.75. The number of hydrogen-bond donors (Lipinski definition) is 3. The molecule has 0 radical (unpaired) electrons. The molecule has 1 aliphatic carbocycles. The van der Waals surface area contributed by atoms with E-state index in [9.17, 15) is 19.5 Å². The van der Waals surface area contributed by atoms with E-state index in [0.717, 1.165) is 25.7 Å². The van der Waals surface area contributed by atoms with Crippen molar-refractivity contribution < 1.29 is 24.2 Å². The number of halogens is 1. The van der Waals surface area contributed by atoms with Gasteiger partial charge in [-0.05, 0) is 55.2 Å². The number of aliphatic carboxylic acids is 1. The maximum Gasteiger partial charge on any atom is 0.326 e. The number of carboxylic acid groups (broad SMARTS) is 1. The first kappa shape index (κ1) is 26.2. The Morgan fingerprint density at radius 2 is 1.86 bits per heavy atom. The molecular weight excluding hydrogens is 470 g/mol. The van der Waals surface area contributed by atoms with Gasteiger partial charge in [0, 0.05) is 25.8 Å². The van der Waals surface area contributed by atoms with Crippen molar-refractivity contribution in [3.05, 3.63) is 64.2 Å². The Bertz CT molecular complexity index is 1120. The van der Waals surface area contributed by atoms with Crippen molar-refractivity contribution in [3.8, 4) is 6.07 Å². The number of carboxylic acids is 1. The maximum absolute atomic E-state index is 13.1. The maximum atomic E-state index is 13.1. The fourth-order valence-electron chi connectivity index (χ4n) is 4.38. The predicted molar refractivity (Wildman–Crippen MR) is 131 cm³/mol. The van der Waals surface area contributed by atoms with Gasteiger partial charge in [0.1, 0.15) is 6.04 Å². The molecule has 184 valence electrons. The predicted octanol–water partition coefficient (Wildman–Crippen LogP) is 4.17. The Morgan fingerprint density at radius 1 is 1.17 bits per heavy atom. The van der Waals surface area contributed by atoms with Crippen molar-refractivity contribution in [2.24, 2.45) is 5.41 Å². The van der Waals surface area contributed by atoms with Gasteiger partial charge in [-0.1, -0.05) is 36.6 Å². The molecule has 0 saturated heterocycles. The van der Waals surface area contributed by atoms with Gasteiger partial charge in [-0.2, -0.15) is 5.26 Å². The first-order valence-corrected chi connectivity index (χ1v) is 11.8. The molecule has 1 atom stereocenters. The van der Waals surface area contributed by atoms with Crippen LogP contribution in [0.25, 0.3) is 0 Å². The van der Waals surface area contributed by atoms with Gasteiger partial charge in [0.15, 0.2) is 0 Å². The number of amides is 2.